The number of rotatable bonds is 5. The highest BCUT2D eigenvalue weighted by molar-refractivity contribution is 7.89. The van der Waals surface area contributed by atoms with Crippen LogP contribution < -0.4 is 4.74 Å². The van der Waals surface area contributed by atoms with E-state index in [-0.39, 0.29) is 9.92 Å². The minimum absolute atomic E-state index is 0.117. The first-order chi connectivity index (χ1) is 15.5. The average Bonchev–Trinajstić information content (AvgIpc) is 3.27. The van der Waals surface area contributed by atoms with E-state index in [9.17, 15) is 8.42 Å². The maximum absolute atomic E-state index is 12.9. The highest BCUT2D eigenvalue weighted by atomic mass is 35.5. The van der Waals surface area contributed by atoms with Gasteiger partial charge in [-0.1, -0.05) is 41.9 Å². The summed E-state index contributed by atoms with van der Waals surface area (Å²) in [6, 6.07) is 16.4. The number of nitrogens with zero attached hydrogens (tertiary/aromatic N) is 3. The highest BCUT2D eigenvalue weighted by Gasteiger charge is 2.27. The second-order valence-corrected chi connectivity index (χ2v) is 10.5. The van der Waals surface area contributed by atoms with Gasteiger partial charge in [-0.05, 0) is 29.8 Å². The lowest BCUT2D eigenvalue weighted by Crippen LogP contribution is -2.40. The number of halogens is 1. The van der Waals surface area contributed by atoms with E-state index in [2.05, 4.69) is 9.97 Å². The summed E-state index contributed by atoms with van der Waals surface area (Å²) in [5, 5.41) is 0.946. The Morgan fingerprint density at radius 1 is 1.03 bits per heavy atom. The summed E-state index contributed by atoms with van der Waals surface area (Å²) < 4.78 is 38.4. The third-order valence-electron chi connectivity index (χ3n) is 5.07. The van der Waals surface area contributed by atoms with Crippen LogP contribution in [0.25, 0.3) is 20.7 Å². The normalized spacial score (nSPS) is 15.2. The van der Waals surface area contributed by atoms with Crippen molar-refractivity contribution in [1.29, 1.82) is 0 Å². The Morgan fingerprint density at radius 3 is 2.56 bits per heavy atom. The molecule has 0 radical (unpaired) electrons. The molecular weight excluding hydrogens is 470 g/mol. The minimum atomic E-state index is -3.65. The molecule has 0 bridgehead atoms. The number of sulfonamides is 1. The second kappa shape index (κ2) is 8.76. The molecule has 0 unspecified atom stereocenters. The fourth-order valence-electron chi connectivity index (χ4n) is 3.42. The van der Waals surface area contributed by atoms with Crippen molar-refractivity contribution in [2.45, 2.75) is 4.90 Å². The molecule has 0 aliphatic carbocycles. The molecule has 7 nitrogen and oxygen atoms in total. The van der Waals surface area contributed by atoms with Gasteiger partial charge in [0.25, 0.3) is 0 Å². The van der Waals surface area contributed by atoms with Crippen molar-refractivity contribution in [3.63, 3.8) is 0 Å². The summed E-state index contributed by atoms with van der Waals surface area (Å²) in [6.07, 6.45) is 1.44. The zero-order valence-corrected chi connectivity index (χ0v) is 19.2. The Balaban J connectivity index is 1.45. The van der Waals surface area contributed by atoms with Gasteiger partial charge in [0.05, 0.1) is 28.5 Å². The smallest absolute Gasteiger partial charge is 0.243 e. The van der Waals surface area contributed by atoms with Crippen LogP contribution in [0, 0.1) is 0 Å². The molecule has 0 N–H and O–H groups in total. The van der Waals surface area contributed by atoms with Gasteiger partial charge in [0.2, 0.25) is 15.9 Å². The van der Waals surface area contributed by atoms with Crippen LogP contribution in [0.1, 0.15) is 0 Å². The van der Waals surface area contributed by atoms with Crippen LogP contribution in [0.3, 0.4) is 0 Å². The molecule has 10 heteroatoms. The van der Waals surface area contributed by atoms with Crippen molar-refractivity contribution in [3.8, 4) is 22.1 Å². The maximum Gasteiger partial charge on any atom is 0.243 e. The number of morpholine rings is 1. The van der Waals surface area contributed by atoms with Crippen LogP contribution >= 0.6 is 22.9 Å². The second-order valence-electron chi connectivity index (χ2n) is 7.09. The SMILES string of the molecule is O=S(=O)(c1ccc(Oc2ncnc3sc(-c4ccccc4)cc23)c(Cl)c1)N1CCOCC1. The molecule has 0 amide bonds. The molecule has 4 aromatic rings. The first-order valence-electron chi connectivity index (χ1n) is 9.87. The standard InChI is InChI=1S/C22H18ClN3O4S2/c23-18-12-16(32(27,28)26-8-10-29-11-9-26)6-7-19(18)30-21-17-13-20(15-4-2-1-3-5-15)31-22(17)25-14-24-21/h1-7,12-14H,8-11H2. The monoisotopic (exact) mass is 487 g/mol. The van der Waals surface area contributed by atoms with Crippen LogP contribution in [0.2, 0.25) is 5.02 Å². The van der Waals surface area contributed by atoms with E-state index in [0.29, 0.717) is 37.9 Å². The lowest BCUT2D eigenvalue weighted by atomic mass is 10.2. The van der Waals surface area contributed by atoms with Gasteiger partial charge in [-0.2, -0.15) is 4.31 Å². The molecule has 1 fully saturated rings. The zero-order valence-electron chi connectivity index (χ0n) is 16.8. The van der Waals surface area contributed by atoms with Crippen molar-refractivity contribution < 1.29 is 17.9 Å². The van der Waals surface area contributed by atoms with E-state index in [1.165, 1.54) is 22.8 Å². The Labute approximate surface area is 194 Å². The van der Waals surface area contributed by atoms with E-state index >= 15 is 0 Å². The zero-order chi connectivity index (χ0) is 22.1. The van der Waals surface area contributed by atoms with Gasteiger partial charge >= 0.3 is 0 Å². The molecule has 1 aliphatic heterocycles. The van der Waals surface area contributed by atoms with Gasteiger partial charge in [0.1, 0.15) is 16.9 Å². The van der Waals surface area contributed by atoms with Crippen LogP contribution in [-0.4, -0.2) is 49.0 Å². The van der Waals surface area contributed by atoms with Crippen LogP contribution in [0.15, 0.2) is 65.8 Å². The molecule has 164 valence electrons. The Morgan fingerprint density at radius 2 is 1.81 bits per heavy atom. The van der Waals surface area contributed by atoms with Crippen LogP contribution in [0.5, 0.6) is 11.6 Å². The van der Waals surface area contributed by atoms with Crippen molar-refractivity contribution in [3.05, 3.63) is 65.9 Å². The van der Waals surface area contributed by atoms with Crippen molar-refractivity contribution in [1.82, 2.24) is 14.3 Å². The molecule has 0 saturated carbocycles. The first-order valence-corrected chi connectivity index (χ1v) is 12.5. The van der Waals surface area contributed by atoms with Gasteiger partial charge in [-0.15, -0.1) is 11.3 Å². The predicted molar refractivity (Wildman–Crippen MR) is 124 cm³/mol. The van der Waals surface area contributed by atoms with Crippen LogP contribution in [0.4, 0.5) is 0 Å². The summed E-state index contributed by atoms with van der Waals surface area (Å²) in [4.78, 5) is 10.6. The summed E-state index contributed by atoms with van der Waals surface area (Å²) >= 11 is 7.94. The highest BCUT2D eigenvalue weighted by Crippen LogP contribution is 2.39. The molecule has 2 aromatic heterocycles. The fourth-order valence-corrected chi connectivity index (χ4v) is 6.14. The molecular formula is C22H18ClN3O4S2. The van der Waals surface area contributed by atoms with Crippen molar-refractivity contribution >= 4 is 43.2 Å². The van der Waals surface area contributed by atoms with Gasteiger partial charge in [0.15, 0.2) is 0 Å². The number of ether oxygens (including phenoxy) is 2. The summed E-state index contributed by atoms with van der Waals surface area (Å²) in [5.41, 5.74) is 1.08. The topological polar surface area (TPSA) is 81.6 Å². The Kier molecular flexibility index (Phi) is 5.83. The van der Waals surface area contributed by atoms with Crippen molar-refractivity contribution in [2.24, 2.45) is 0 Å². The average molecular weight is 488 g/mol. The fraction of sp³-hybridized carbons (Fsp3) is 0.182. The van der Waals surface area contributed by atoms with Crippen molar-refractivity contribution in [2.75, 3.05) is 26.3 Å². The van der Waals surface area contributed by atoms with Gasteiger partial charge in [0, 0.05) is 18.0 Å². The first kappa shape index (κ1) is 21.3. The number of thiophene rings is 1. The molecule has 0 spiro atoms. The summed E-state index contributed by atoms with van der Waals surface area (Å²) in [5.74, 6) is 0.680. The molecule has 1 aliphatic rings. The van der Waals surface area contributed by atoms with Gasteiger partial charge < -0.3 is 9.47 Å². The van der Waals surface area contributed by atoms with E-state index < -0.39 is 10.0 Å². The van der Waals surface area contributed by atoms with Gasteiger partial charge in [-0.3, -0.25) is 0 Å². The quantitative estimate of drug-likeness (QED) is 0.401. The largest absolute Gasteiger partial charge is 0.437 e. The lowest BCUT2D eigenvalue weighted by Gasteiger charge is -2.26. The third-order valence-corrected chi connectivity index (χ3v) is 8.35. The Bertz CT molecular complexity index is 1370. The molecule has 1 saturated heterocycles. The molecule has 2 aromatic carbocycles. The number of fused-ring (bicyclic) bond motifs is 1. The minimum Gasteiger partial charge on any atom is -0.437 e. The maximum atomic E-state index is 12.9. The third kappa shape index (κ3) is 4.10. The Hall–Kier alpha value is -2.56. The lowest BCUT2D eigenvalue weighted by molar-refractivity contribution is 0.0730. The molecule has 3 heterocycles. The van der Waals surface area contributed by atoms with Crippen LogP contribution in [-0.2, 0) is 14.8 Å². The van der Waals surface area contributed by atoms with E-state index in [1.807, 2.05) is 36.4 Å². The number of benzene rings is 2. The van der Waals surface area contributed by atoms with Gasteiger partial charge in [-0.25, -0.2) is 18.4 Å². The number of aromatic nitrogens is 2. The van der Waals surface area contributed by atoms with E-state index in [1.54, 1.807) is 17.4 Å². The van der Waals surface area contributed by atoms with E-state index in [4.69, 9.17) is 21.1 Å². The molecule has 0 atom stereocenters. The molecule has 5 rings (SSSR count). The summed E-state index contributed by atoms with van der Waals surface area (Å²) in [6.45, 7) is 1.39. The van der Waals surface area contributed by atoms with E-state index in [0.717, 1.165) is 20.7 Å². The summed E-state index contributed by atoms with van der Waals surface area (Å²) in [7, 11) is -3.65. The number of hydrogen-bond acceptors (Lipinski definition) is 7. The predicted octanol–water partition coefficient (Wildman–Crippen LogP) is 4.82. The number of hydrogen-bond donors (Lipinski definition) is 0. The molecule has 32 heavy (non-hydrogen) atoms.